The highest BCUT2D eigenvalue weighted by Crippen LogP contribution is 2.17. The van der Waals surface area contributed by atoms with Gasteiger partial charge in [0.05, 0.1) is 0 Å². The van der Waals surface area contributed by atoms with Crippen molar-refractivity contribution in [3.8, 4) is 0 Å². The second kappa shape index (κ2) is 5.49. The van der Waals surface area contributed by atoms with E-state index < -0.39 is 0 Å². The first kappa shape index (κ1) is 12.4. The molecule has 1 heterocycles. The number of hydrogen-bond acceptors (Lipinski definition) is 4. The number of hydrogen-bond donors (Lipinski definition) is 2. The maximum Gasteiger partial charge on any atom is 0.136 e. The van der Waals surface area contributed by atoms with Crippen LogP contribution in [-0.2, 0) is 6.42 Å². The lowest BCUT2D eigenvalue weighted by Crippen LogP contribution is -2.00. The van der Waals surface area contributed by atoms with Gasteiger partial charge >= 0.3 is 0 Å². The lowest BCUT2D eigenvalue weighted by molar-refractivity contribution is 0.922. The standard InChI is InChI=1S/C14H18N4/c1-3-4-11-5-7-12(8-6-11)18-14-9-13(15)16-10(2)17-14/h5-9H,3-4H2,1-2H3,(H3,15,16,17,18). The molecular weight excluding hydrogens is 224 g/mol. The van der Waals surface area contributed by atoms with E-state index in [0.29, 0.717) is 11.6 Å². The highest BCUT2D eigenvalue weighted by Gasteiger charge is 2.00. The molecule has 0 unspecified atom stereocenters. The Morgan fingerprint density at radius 3 is 2.50 bits per heavy atom. The van der Waals surface area contributed by atoms with Crippen LogP contribution in [0.25, 0.3) is 0 Å². The van der Waals surface area contributed by atoms with Gasteiger partial charge in [0.2, 0.25) is 0 Å². The number of aryl methyl sites for hydroxylation is 2. The predicted molar refractivity (Wildman–Crippen MR) is 74.9 cm³/mol. The van der Waals surface area contributed by atoms with Gasteiger partial charge in [-0.2, -0.15) is 0 Å². The fourth-order valence-corrected chi connectivity index (χ4v) is 1.85. The van der Waals surface area contributed by atoms with Crippen molar-refractivity contribution in [3.63, 3.8) is 0 Å². The Bertz CT molecular complexity index is 500. The van der Waals surface area contributed by atoms with Gasteiger partial charge in [0.1, 0.15) is 17.5 Å². The summed E-state index contributed by atoms with van der Waals surface area (Å²) in [5, 5.41) is 3.22. The Hall–Kier alpha value is -2.10. The Kier molecular flexibility index (Phi) is 3.77. The van der Waals surface area contributed by atoms with E-state index in [-0.39, 0.29) is 0 Å². The van der Waals surface area contributed by atoms with Crippen LogP contribution < -0.4 is 11.1 Å². The van der Waals surface area contributed by atoms with Crippen LogP contribution in [0.5, 0.6) is 0 Å². The van der Waals surface area contributed by atoms with Crippen LogP contribution >= 0.6 is 0 Å². The molecule has 0 fully saturated rings. The Labute approximate surface area is 107 Å². The van der Waals surface area contributed by atoms with Gasteiger partial charge in [-0.1, -0.05) is 25.5 Å². The number of rotatable bonds is 4. The summed E-state index contributed by atoms with van der Waals surface area (Å²) in [5.74, 6) is 1.87. The fraction of sp³-hybridized carbons (Fsp3) is 0.286. The number of nitrogens with two attached hydrogens (primary N) is 1. The second-order valence-corrected chi connectivity index (χ2v) is 4.30. The van der Waals surface area contributed by atoms with Crippen LogP contribution in [0.3, 0.4) is 0 Å². The molecule has 0 bridgehead atoms. The second-order valence-electron chi connectivity index (χ2n) is 4.30. The molecule has 0 spiro atoms. The average molecular weight is 242 g/mol. The van der Waals surface area contributed by atoms with E-state index in [1.165, 1.54) is 5.56 Å². The molecule has 0 aliphatic heterocycles. The molecule has 0 aliphatic carbocycles. The fourth-order valence-electron chi connectivity index (χ4n) is 1.85. The van der Waals surface area contributed by atoms with Gasteiger partial charge in [-0.3, -0.25) is 0 Å². The molecule has 0 saturated carbocycles. The average Bonchev–Trinajstić information content (AvgIpc) is 2.31. The van der Waals surface area contributed by atoms with Gasteiger partial charge in [0, 0.05) is 11.8 Å². The van der Waals surface area contributed by atoms with Gasteiger partial charge in [-0.05, 0) is 31.0 Å². The highest BCUT2D eigenvalue weighted by molar-refractivity contribution is 5.58. The lowest BCUT2D eigenvalue weighted by atomic mass is 10.1. The predicted octanol–water partition coefficient (Wildman–Crippen LogP) is 3.06. The van der Waals surface area contributed by atoms with E-state index in [1.807, 2.05) is 6.92 Å². The molecule has 0 radical (unpaired) electrons. The quantitative estimate of drug-likeness (QED) is 0.864. The molecule has 3 N–H and O–H groups in total. The number of anilines is 3. The molecular formula is C14H18N4. The first-order chi connectivity index (χ1) is 8.67. The minimum atomic E-state index is 0.479. The third kappa shape index (κ3) is 3.20. The topological polar surface area (TPSA) is 63.8 Å². The molecule has 94 valence electrons. The lowest BCUT2D eigenvalue weighted by Gasteiger charge is -2.07. The van der Waals surface area contributed by atoms with Gasteiger partial charge in [-0.15, -0.1) is 0 Å². The first-order valence-electron chi connectivity index (χ1n) is 6.14. The van der Waals surface area contributed by atoms with Crippen molar-refractivity contribution in [1.29, 1.82) is 0 Å². The minimum absolute atomic E-state index is 0.479. The summed E-state index contributed by atoms with van der Waals surface area (Å²) in [6, 6.07) is 10.1. The van der Waals surface area contributed by atoms with Crippen LogP contribution in [0, 0.1) is 6.92 Å². The van der Waals surface area contributed by atoms with Crippen molar-refractivity contribution in [2.75, 3.05) is 11.1 Å². The summed E-state index contributed by atoms with van der Waals surface area (Å²) in [4.78, 5) is 8.33. The van der Waals surface area contributed by atoms with Gasteiger partial charge in [0.25, 0.3) is 0 Å². The zero-order chi connectivity index (χ0) is 13.0. The monoisotopic (exact) mass is 242 g/mol. The zero-order valence-corrected chi connectivity index (χ0v) is 10.8. The summed E-state index contributed by atoms with van der Waals surface area (Å²) in [7, 11) is 0. The zero-order valence-electron chi connectivity index (χ0n) is 10.8. The maximum absolute atomic E-state index is 5.69. The van der Waals surface area contributed by atoms with Crippen LogP contribution in [0.1, 0.15) is 24.7 Å². The summed E-state index contributed by atoms with van der Waals surface area (Å²) >= 11 is 0. The summed E-state index contributed by atoms with van der Waals surface area (Å²) in [6.45, 7) is 4.00. The van der Waals surface area contributed by atoms with E-state index in [1.54, 1.807) is 6.07 Å². The molecule has 0 saturated heterocycles. The smallest absolute Gasteiger partial charge is 0.136 e. The molecule has 18 heavy (non-hydrogen) atoms. The molecule has 1 aromatic heterocycles. The maximum atomic E-state index is 5.69. The third-order valence-electron chi connectivity index (χ3n) is 2.62. The van der Waals surface area contributed by atoms with Crippen molar-refractivity contribution < 1.29 is 0 Å². The third-order valence-corrected chi connectivity index (χ3v) is 2.62. The number of benzene rings is 1. The van der Waals surface area contributed by atoms with Crippen LogP contribution in [0.15, 0.2) is 30.3 Å². The molecule has 4 heteroatoms. The van der Waals surface area contributed by atoms with E-state index in [4.69, 9.17) is 5.73 Å². The molecule has 1 aromatic carbocycles. The molecule has 4 nitrogen and oxygen atoms in total. The van der Waals surface area contributed by atoms with Crippen molar-refractivity contribution in [3.05, 3.63) is 41.7 Å². The Morgan fingerprint density at radius 2 is 1.89 bits per heavy atom. The Morgan fingerprint density at radius 1 is 1.17 bits per heavy atom. The SMILES string of the molecule is CCCc1ccc(Nc2cc(N)nc(C)n2)cc1. The van der Waals surface area contributed by atoms with Crippen LogP contribution in [0.2, 0.25) is 0 Å². The summed E-state index contributed by atoms with van der Waals surface area (Å²) in [6.07, 6.45) is 2.27. The molecule has 0 amide bonds. The van der Waals surface area contributed by atoms with Gasteiger partial charge in [-0.25, -0.2) is 9.97 Å². The normalized spacial score (nSPS) is 10.3. The van der Waals surface area contributed by atoms with E-state index >= 15 is 0 Å². The number of aromatic nitrogens is 2. The number of nitrogens with zero attached hydrogens (tertiary/aromatic N) is 2. The number of nitrogens with one attached hydrogen (secondary N) is 1. The van der Waals surface area contributed by atoms with Crippen molar-refractivity contribution in [1.82, 2.24) is 9.97 Å². The van der Waals surface area contributed by atoms with Crippen molar-refractivity contribution in [2.45, 2.75) is 26.7 Å². The largest absolute Gasteiger partial charge is 0.384 e. The van der Waals surface area contributed by atoms with Crippen LogP contribution in [0.4, 0.5) is 17.3 Å². The first-order valence-corrected chi connectivity index (χ1v) is 6.14. The van der Waals surface area contributed by atoms with E-state index in [0.717, 1.165) is 24.3 Å². The highest BCUT2D eigenvalue weighted by atomic mass is 15.0. The molecule has 0 atom stereocenters. The van der Waals surface area contributed by atoms with Crippen LogP contribution in [-0.4, -0.2) is 9.97 Å². The van der Waals surface area contributed by atoms with Gasteiger partial charge in [0.15, 0.2) is 0 Å². The Balaban J connectivity index is 2.13. The molecule has 2 aromatic rings. The van der Waals surface area contributed by atoms with Crippen molar-refractivity contribution >= 4 is 17.3 Å². The minimum Gasteiger partial charge on any atom is -0.384 e. The van der Waals surface area contributed by atoms with E-state index in [2.05, 4.69) is 46.5 Å². The summed E-state index contributed by atoms with van der Waals surface area (Å²) in [5.41, 5.74) is 8.04. The molecule has 2 rings (SSSR count). The van der Waals surface area contributed by atoms with E-state index in [9.17, 15) is 0 Å². The van der Waals surface area contributed by atoms with Gasteiger partial charge < -0.3 is 11.1 Å². The molecule has 0 aliphatic rings. The van der Waals surface area contributed by atoms with Crippen molar-refractivity contribution in [2.24, 2.45) is 0 Å². The summed E-state index contributed by atoms with van der Waals surface area (Å²) < 4.78 is 0. The number of nitrogen functional groups attached to an aromatic ring is 1.